The highest BCUT2D eigenvalue weighted by Gasteiger charge is 2.53. The maximum absolute atomic E-state index is 6.38. The number of hydrogen-bond donors (Lipinski definition) is 0. The summed E-state index contributed by atoms with van der Waals surface area (Å²) in [6.07, 6.45) is 7.50. The van der Waals surface area contributed by atoms with E-state index in [1.807, 2.05) is 0 Å². The smallest absolute Gasteiger partial charge is 0.0498 e. The van der Waals surface area contributed by atoms with Crippen molar-refractivity contribution in [3.63, 3.8) is 0 Å². The first kappa shape index (κ1) is 7.87. The number of alkyl halides is 2. The number of allylic oxidation sites excluding steroid dienone is 2. The lowest BCUT2D eigenvalue weighted by molar-refractivity contribution is 0.0727. The lowest BCUT2D eigenvalue weighted by Crippen LogP contribution is -2.53. The van der Waals surface area contributed by atoms with Crippen molar-refractivity contribution < 1.29 is 0 Å². The van der Waals surface area contributed by atoms with Gasteiger partial charge in [0.05, 0.1) is 0 Å². The number of halogens is 2. The summed E-state index contributed by atoms with van der Waals surface area (Å²) in [6, 6.07) is 0. The third-order valence-corrected chi connectivity index (χ3v) is 6.09. The van der Waals surface area contributed by atoms with Gasteiger partial charge in [-0.2, -0.15) is 0 Å². The van der Waals surface area contributed by atoms with Gasteiger partial charge in [-0.15, -0.1) is 11.6 Å². The molecular weight excluding hydrogens is 235 g/mol. The summed E-state index contributed by atoms with van der Waals surface area (Å²) in [4.78, 5) is 0.573. The van der Waals surface area contributed by atoms with E-state index in [4.69, 9.17) is 11.6 Å². The Bertz CT molecular complexity index is 214. The van der Waals surface area contributed by atoms with E-state index in [2.05, 4.69) is 28.1 Å². The highest BCUT2D eigenvalue weighted by atomic mass is 79.9. The summed E-state index contributed by atoms with van der Waals surface area (Å²) in [5.41, 5.74) is 0. The van der Waals surface area contributed by atoms with Gasteiger partial charge in [0.15, 0.2) is 0 Å². The van der Waals surface area contributed by atoms with Crippen LogP contribution < -0.4 is 0 Å². The van der Waals surface area contributed by atoms with E-state index in [0.29, 0.717) is 10.2 Å². The molecule has 3 fully saturated rings. The molecular formula is C10H12BrCl. The lowest BCUT2D eigenvalue weighted by Gasteiger charge is -2.55. The minimum atomic E-state index is 0.384. The van der Waals surface area contributed by atoms with Crippen LogP contribution in [0.1, 0.15) is 12.8 Å². The fourth-order valence-corrected chi connectivity index (χ4v) is 4.70. The SMILES string of the molecule is Cl[C@H]1[C@@H](Br)[C@H]2CC[C@@H]1[C@H]1C=C[C@H]12. The summed E-state index contributed by atoms with van der Waals surface area (Å²) < 4.78 is 0. The van der Waals surface area contributed by atoms with E-state index in [9.17, 15) is 0 Å². The number of hydrogen-bond acceptors (Lipinski definition) is 0. The van der Waals surface area contributed by atoms with Crippen molar-refractivity contribution in [2.24, 2.45) is 23.7 Å². The van der Waals surface area contributed by atoms with E-state index >= 15 is 0 Å². The van der Waals surface area contributed by atoms with Gasteiger partial charge >= 0.3 is 0 Å². The van der Waals surface area contributed by atoms with Crippen LogP contribution in [-0.4, -0.2) is 10.2 Å². The van der Waals surface area contributed by atoms with Crippen molar-refractivity contribution >= 4 is 27.5 Å². The van der Waals surface area contributed by atoms with Gasteiger partial charge in [0.1, 0.15) is 0 Å². The molecule has 0 spiro atoms. The molecule has 66 valence electrons. The zero-order valence-electron chi connectivity index (χ0n) is 6.79. The van der Waals surface area contributed by atoms with E-state index in [0.717, 1.165) is 23.7 Å². The molecule has 0 amide bonds. The minimum Gasteiger partial charge on any atom is -0.121 e. The molecule has 0 aliphatic heterocycles. The Hall–Kier alpha value is 0.510. The van der Waals surface area contributed by atoms with Gasteiger partial charge in [0.25, 0.3) is 0 Å². The number of fused-ring (bicyclic) bond motifs is 2. The second kappa shape index (κ2) is 2.51. The van der Waals surface area contributed by atoms with Gasteiger partial charge in [-0.1, -0.05) is 28.1 Å². The third-order valence-electron chi connectivity index (χ3n) is 3.94. The molecule has 0 N–H and O–H groups in total. The van der Waals surface area contributed by atoms with Crippen molar-refractivity contribution in [1.82, 2.24) is 0 Å². The molecule has 12 heavy (non-hydrogen) atoms. The molecule has 0 unspecified atom stereocenters. The maximum Gasteiger partial charge on any atom is 0.0498 e. The second-order valence-corrected chi connectivity index (χ2v) is 5.89. The van der Waals surface area contributed by atoms with Crippen LogP contribution in [0.4, 0.5) is 0 Å². The Morgan fingerprint density at radius 3 is 2.25 bits per heavy atom. The second-order valence-electron chi connectivity index (χ2n) is 4.33. The molecule has 0 aromatic carbocycles. The summed E-state index contributed by atoms with van der Waals surface area (Å²) in [7, 11) is 0. The quantitative estimate of drug-likeness (QED) is 0.455. The van der Waals surface area contributed by atoms with Crippen molar-refractivity contribution in [3.8, 4) is 0 Å². The molecule has 3 saturated carbocycles. The van der Waals surface area contributed by atoms with Crippen LogP contribution in [-0.2, 0) is 0 Å². The summed E-state index contributed by atoms with van der Waals surface area (Å²) in [6.45, 7) is 0. The Morgan fingerprint density at radius 2 is 1.67 bits per heavy atom. The Balaban J connectivity index is 1.97. The first-order valence-electron chi connectivity index (χ1n) is 4.75. The highest BCUT2D eigenvalue weighted by Crippen LogP contribution is 2.57. The third kappa shape index (κ3) is 0.798. The maximum atomic E-state index is 6.38. The molecule has 4 aliphatic rings. The Kier molecular flexibility index (Phi) is 1.65. The minimum absolute atomic E-state index is 0.384. The predicted molar refractivity (Wildman–Crippen MR) is 54.7 cm³/mol. The molecule has 2 bridgehead atoms. The van der Waals surface area contributed by atoms with Crippen molar-refractivity contribution in [2.75, 3.05) is 0 Å². The molecule has 6 atom stereocenters. The first-order valence-corrected chi connectivity index (χ1v) is 6.11. The van der Waals surface area contributed by atoms with Crippen LogP contribution in [0.2, 0.25) is 0 Å². The Morgan fingerprint density at radius 1 is 1.08 bits per heavy atom. The zero-order valence-corrected chi connectivity index (χ0v) is 9.13. The molecule has 0 radical (unpaired) electrons. The topological polar surface area (TPSA) is 0 Å². The average molecular weight is 248 g/mol. The standard InChI is InChI=1S/C10H12BrCl/c11-9-7-3-4-8(10(9)12)6-2-1-5(6)7/h1-2,5-10H,3-4H2/t5-,6+,7+,8-,9+,10-/m1/s1. The molecule has 0 heterocycles. The van der Waals surface area contributed by atoms with Crippen molar-refractivity contribution in [1.29, 1.82) is 0 Å². The molecule has 4 aliphatic carbocycles. The zero-order chi connectivity index (χ0) is 8.29. The van der Waals surface area contributed by atoms with Gasteiger partial charge in [-0.3, -0.25) is 0 Å². The molecule has 2 heteroatoms. The van der Waals surface area contributed by atoms with E-state index < -0.39 is 0 Å². The van der Waals surface area contributed by atoms with Gasteiger partial charge < -0.3 is 0 Å². The van der Waals surface area contributed by atoms with Crippen LogP contribution in [0.3, 0.4) is 0 Å². The largest absolute Gasteiger partial charge is 0.121 e. The van der Waals surface area contributed by atoms with Crippen LogP contribution in [0, 0.1) is 23.7 Å². The van der Waals surface area contributed by atoms with Crippen LogP contribution in [0.5, 0.6) is 0 Å². The van der Waals surface area contributed by atoms with Crippen LogP contribution >= 0.6 is 27.5 Å². The fourth-order valence-electron chi connectivity index (χ4n) is 3.21. The molecule has 0 nitrogen and oxygen atoms in total. The normalized spacial score (nSPS) is 61.2. The highest BCUT2D eigenvalue weighted by molar-refractivity contribution is 9.09. The summed E-state index contributed by atoms with van der Waals surface area (Å²) >= 11 is 10.1. The lowest BCUT2D eigenvalue weighted by atomic mass is 9.54. The van der Waals surface area contributed by atoms with Crippen LogP contribution in [0.25, 0.3) is 0 Å². The molecule has 0 saturated heterocycles. The van der Waals surface area contributed by atoms with Crippen molar-refractivity contribution in [2.45, 2.75) is 23.0 Å². The van der Waals surface area contributed by atoms with Crippen LogP contribution in [0.15, 0.2) is 12.2 Å². The van der Waals surface area contributed by atoms with E-state index in [-0.39, 0.29) is 0 Å². The fraction of sp³-hybridized carbons (Fsp3) is 0.800. The summed E-state index contributed by atoms with van der Waals surface area (Å²) in [5, 5.41) is 0.384. The molecule has 4 rings (SSSR count). The number of rotatable bonds is 0. The molecule has 0 aromatic rings. The first-order chi connectivity index (χ1) is 5.79. The predicted octanol–water partition coefficient (Wildman–Crippen LogP) is 3.20. The van der Waals surface area contributed by atoms with Crippen molar-refractivity contribution in [3.05, 3.63) is 12.2 Å². The Labute approximate surface area is 86.5 Å². The monoisotopic (exact) mass is 246 g/mol. The van der Waals surface area contributed by atoms with Gasteiger partial charge in [-0.05, 0) is 36.5 Å². The van der Waals surface area contributed by atoms with E-state index in [1.54, 1.807) is 0 Å². The van der Waals surface area contributed by atoms with Gasteiger partial charge in [0, 0.05) is 10.2 Å². The van der Waals surface area contributed by atoms with Gasteiger partial charge in [-0.25, -0.2) is 0 Å². The average Bonchev–Trinajstić information content (AvgIpc) is 2.00. The molecule has 0 aromatic heterocycles. The van der Waals surface area contributed by atoms with E-state index in [1.165, 1.54) is 12.8 Å². The summed E-state index contributed by atoms with van der Waals surface area (Å²) in [5.74, 6) is 3.28. The van der Waals surface area contributed by atoms with Gasteiger partial charge in [0.2, 0.25) is 0 Å².